The van der Waals surface area contributed by atoms with Crippen LogP contribution in [0.25, 0.3) is 0 Å². The van der Waals surface area contributed by atoms with Crippen molar-refractivity contribution in [2.75, 3.05) is 13.7 Å². The van der Waals surface area contributed by atoms with Crippen LogP contribution in [0.3, 0.4) is 0 Å². The lowest BCUT2D eigenvalue weighted by Crippen LogP contribution is -2.46. The summed E-state index contributed by atoms with van der Waals surface area (Å²) in [7, 11) is 1.31. The lowest BCUT2D eigenvalue weighted by molar-refractivity contribution is -0.176. The summed E-state index contributed by atoms with van der Waals surface area (Å²) in [6.07, 6.45) is 5.95. The van der Waals surface area contributed by atoms with Crippen molar-refractivity contribution in [2.24, 2.45) is 11.8 Å². The van der Waals surface area contributed by atoms with Gasteiger partial charge in [-0.2, -0.15) is 0 Å². The number of hydrogen-bond donors (Lipinski definition) is 2. The van der Waals surface area contributed by atoms with Gasteiger partial charge < -0.3 is 29.4 Å². The van der Waals surface area contributed by atoms with Gasteiger partial charge in [-0.1, -0.05) is 45.8 Å². The zero-order valence-corrected chi connectivity index (χ0v) is 21.9. The fourth-order valence-electron chi connectivity index (χ4n) is 3.59. The normalized spacial score (nSPS) is 22.4. The maximum absolute atomic E-state index is 13.1. The van der Waals surface area contributed by atoms with E-state index in [0.29, 0.717) is 0 Å². The maximum Gasteiger partial charge on any atom is 0.332 e. The molecule has 1 fully saturated rings. The molecule has 37 heavy (non-hydrogen) atoms. The second kappa shape index (κ2) is 14.2. The number of rotatable bonds is 10. The number of aromatic nitrogens is 1. The summed E-state index contributed by atoms with van der Waals surface area (Å²) < 4.78 is 21.5. The van der Waals surface area contributed by atoms with Crippen LogP contribution in [0.2, 0.25) is 0 Å². The molecular formula is C26H36N2O9. The number of nitrogens with zero attached hydrogens (tertiary/aromatic N) is 1. The zero-order chi connectivity index (χ0) is 27.5. The van der Waals surface area contributed by atoms with Crippen molar-refractivity contribution in [2.45, 2.75) is 71.6 Å². The highest BCUT2D eigenvalue weighted by Gasteiger charge is 2.41. The Morgan fingerprint density at radius 3 is 2.65 bits per heavy atom. The van der Waals surface area contributed by atoms with E-state index in [2.05, 4.69) is 17.2 Å². The molecular weight excluding hydrogens is 484 g/mol. The van der Waals surface area contributed by atoms with E-state index in [9.17, 15) is 24.3 Å². The molecule has 0 bridgehead atoms. The van der Waals surface area contributed by atoms with Crippen LogP contribution in [0, 0.1) is 11.8 Å². The van der Waals surface area contributed by atoms with Crippen LogP contribution in [0.15, 0.2) is 24.4 Å². The van der Waals surface area contributed by atoms with E-state index >= 15 is 0 Å². The molecule has 1 saturated heterocycles. The smallest absolute Gasteiger partial charge is 0.332 e. The number of esters is 3. The number of carbonyl (C=O) groups is 4. The number of ether oxygens (including phenoxy) is 4. The van der Waals surface area contributed by atoms with E-state index in [1.165, 1.54) is 26.3 Å². The molecule has 1 amide bonds. The standard InChI is InChI=1S/C26H36N2O9/c1-6-7-8-9-10-11-17-22(37-24(31)15(2)3)16(4)36-26(33)18(14-35-25(17)32)28-23(30)20-21(29)19(34-5)12-13-27-20/h9-10,12-13,15-18,22,29H,6-8,11,14H2,1-5H3,(H,28,30)/t16-,17+,18-,22-/m0/s1. The lowest BCUT2D eigenvalue weighted by atomic mass is 9.94. The van der Waals surface area contributed by atoms with Crippen LogP contribution in [0.1, 0.15) is 63.9 Å². The molecule has 11 heteroatoms. The predicted molar refractivity (Wildman–Crippen MR) is 132 cm³/mol. The van der Waals surface area contributed by atoms with E-state index < -0.39 is 66.3 Å². The number of nitrogens with one attached hydrogen (secondary N) is 1. The third-order valence-corrected chi connectivity index (χ3v) is 5.77. The topological polar surface area (TPSA) is 150 Å². The van der Waals surface area contributed by atoms with Crippen molar-refractivity contribution < 1.29 is 43.2 Å². The van der Waals surface area contributed by atoms with E-state index in [1.54, 1.807) is 13.8 Å². The van der Waals surface area contributed by atoms with E-state index in [-0.39, 0.29) is 17.9 Å². The predicted octanol–water partition coefficient (Wildman–Crippen LogP) is 2.70. The second-order valence-electron chi connectivity index (χ2n) is 9.02. The quantitative estimate of drug-likeness (QED) is 0.204. The van der Waals surface area contributed by atoms with Crippen molar-refractivity contribution in [1.82, 2.24) is 10.3 Å². The molecule has 1 aliphatic heterocycles. The summed E-state index contributed by atoms with van der Waals surface area (Å²) in [5.74, 6) is -4.95. The number of cyclic esters (lactones) is 2. The average molecular weight is 521 g/mol. The third kappa shape index (κ3) is 8.19. The van der Waals surface area contributed by atoms with Gasteiger partial charge in [0.05, 0.1) is 13.0 Å². The Balaban J connectivity index is 2.28. The van der Waals surface area contributed by atoms with Gasteiger partial charge in [-0.3, -0.25) is 14.4 Å². The number of aromatic hydroxyl groups is 1. The molecule has 11 nitrogen and oxygen atoms in total. The fraction of sp³-hybridized carbons (Fsp3) is 0.577. The van der Waals surface area contributed by atoms with Gasteiger partial charge in [0, 0.05) is 12.3 Å². The second-order valence-corrected chi connectivity index (χ2v) is 9.02. The molecule has 0 saturated carbocycles. The minimum Gasteiger partial charge on any atom is -0.503 e. The molecule has 1 aromatic heterocycles. The Hall–Kier alpha value is -3.63. The Bertz CT molecular complexity index is 992. The zero-order valence-electron chi connectivity index (χ0n) is 21.9. The number of carbonyl (C=O) groups excluding carboxylic acids is 4. The number of amides is 1. The minimum absolute atomic E-state index is 0.0156. The number of unbranched alkanes of at least 4 members (excludes halogenated alkanes) is 2. The molecule has 0 spiro atoms. The van der Waals surface area contributed by atoms with Crippen molar-refractivity contribution in [3.05, 3.63) is 30.1 Å². The summed E-state index contributed by atoms with van der Waals surface area (Å²) in [6, 6.07) is -0.0363. The molecule has 204 valence electrons. The van der Waals surface area contributed by atoms with E-state index in [1.807, 2.05) is 12.2 Å². The first kappa shape index (κ1) is 29.6. The molecule has 0 unspecified atom stereocenters. The Labute approximate surface area is 216 Å². The Kier molecular flexibility index (Phi) is 11.4. The first-order chi connectivity index (χ1) is 17.6. The fourth-order valence-corrected chi connectivity index (χ4v) is 3.59. The van der Waals surface area contributed by atoms with Gasteiger partial charge in [-0.25, -0.2) is 9.78 Å². The van der Waals surface area contributed by atoms with Crippen LogP contribution >= 0.6 is 0 Å². The third-order valence-electron chi connectivity index (χ3n) is 5.77. The maximum atomic E-state index is 13.1. The van der Waals surface area contributed by atoms with Gasteiger partial charge in [0.2, 0.25) is 0 Å². The largest absolute Gasteiger partial charge is 0.503 e. The number of hydrogen-bond acceptors (Lipinski definition) is 10. The van der Waals surface area contributed by atoms with Gasteiger partial charge >= 0.3 is 17.9 Å². The number of pyridine rings is 1. The van der Waals surface area contributed by atoms with Crippen molar-refractivity contribution in [3.63, 3.8) is 0 Å². The molecule has 2 heterocycles. The van der Waals surface area contributed by atoms with Crippen LogP contribution in [0.4, 0.5) is 0 Å². The van der Waals surface area contributed by atoms with Gasteiger partial charge in [0.1, 0.15) is 18.6 Å². The van der Waals surface area contributed by atoms with Gasteiger partial charge in [0.25, 0.3) is 5.91 Å². The summed E-state index contributed by atoms with van der Waals surface area (Å²) in [6.45, 7) is 6.36. The molecule has 1 aromatic rings. The lowest BCUT2D eigenvalue weighted by Gasteiger charge is -2.29. The summed E-state index contributed by atoms with van der Waals surface area (Å²) >= 11 is 0. The highest BCUT2D eigenvalue weighted by Crippen LogP contribution is 2.28. The van der Waals surface area contributed by atoms with E-state index in [4.69, 9.17) is 18.9 Å². The molecule has 2 N–H and O–H groups in total. The molecule has 2 rings (SSSR count). The van der Waals surface area contributed by atoms with E-state index in [0.717, 1.165) is 19.3 Å². The SMILES string of the molecule is CCCCC=CC[C@H]1C(=O)OC[C@H](NC(=O)c2nccc(OC)c2O)C(=O)O[C@@H](C)[C@@H]1OC(=O)C(C)C. The van der Waals surface area contributed by atoms with Crippen molar-refractivity contribution in [1.29, 1.82) is 0 Å². The van der Waals surface area contributed by atoms with Gasteiger partial charge in [0.15, 0.2) is 29.3 Å². The molecule has 0 aromatic carbocycles. The Morgan fingerprint density at radius 2 is 2.00 bits per heavy atom. The van der Waals surface area contributed by atoms with Crippen molar-refractivity contribution >= 4 is 23.8 Å². The molecule has 0 aliphatic carbocycles. The van der Waals surface area contributed by atoms with Crippen molar-refractivity contribution in [3.8, 4) is 11.5 Å². The summed E-state index contributed by atoms with van der Waals surface area (Å²) in [4.78, 5) is 55.0. The molecule has 1 aliphatic rings. The van der Waals surface area contributed by atoms with Crippen LogP contribution in [-0.2, 0) is 28.6 Å². The number of methoxy groups -OCH3 is 1. The molecule has 4 atom stereocenters. The minimum atomic E-state index is -1.40. The Morgan fingerprint density at radius 1 is 1.27 bits per heavy atom. The average Bonchev–Trinajstić information content (AvgIpc) is 2.89. The summed E-state index contributed by atoms with van der Waals surface area (Å²) in [5, 5.41) is 12.6. The number of allylic oxidation sites excluding steroid dienone is 2. The van der Waals surface area contributed by atoms with Gasteiger partial charge in [-0.05, 0) is 19.8 Å². The van der Waals surface area contributed by atoms with Crippen LogP contribution in [0.5, 0.6) is 11.5 Å². The molecule has 0 radical (unpaired) electrons. The van der Waals surface area contributed by atoms with Crippen LogP contribution < -0.4 is 10.1 Å². The first-order valence-corrected chi connectivity index (χ1v) is 12.4. The highest BCUT2D eigenvalue weighted by atomic mass is 16.6. The first-order valence-electron chi connectivity index (χ1n) is 12.4. The highest BCUT2D eigenvalue weighted by molar-refractivity contribution is 5.98. The van der Waals surface area contributed by atoms with Crippen LogP contribution in [-0.4, -0.2) is 65.9 Å². The van der Waals surface area contributed by atoms with Gasteiger partial charge in [-0.15, -0.1) is 0 Å². The monoisotopic (exact) mass is 520 g/mol. The summed E-state index contributed by atoms with van der Waals surface area (Å²) in [5.41, 5.74) is -0.384.